The predicted molar refractivity (Wildman–Crippen MR) is 173 cm³/mol. The lowest BCUT2D eigenvalue weighted by Crippen LogP contribution is -2.36. The summed E-state index contributed by atoms with van der Waals surface area (Å²) in [6.07, 6.45) is 0. The van der Waals surface area contributed by atoms with Crippen molar-refractivity contribution in [2.24, 2.45) is 7.05 Å². The normalized spacial score (nSPS) is 12.2. The maximum atomic E-state index is 2.62. The largest absolute Gasteiger partial charge is 0.296 e. The number of hydrogen-bond donors (Lipinski definition) is 0. The van der Waals surface area contributed by atoms with Crippen LogP contribution in [0.25, 0.3) is 59.1 Å². The van der Waals surface area contributed by atoms with Crippen LogP contribution in [0.15, 0.2) is 91.0 Å². The molecule has 2 aromatic heterocycles. The van der Waals surface area contributed by atoms with Gasteiger partial charge < -0.3 is 0 Å². The Kier molecular flexibility index (Phi) is 5.83. The maximum absolute atomic E-state index is 2.62. The van der Waals surface area contributed by atoms with E-state index >= 15 is 0 Å². The zero-order chi connectivity index (χ0) is 27.7. The van der Waals surface area contributed by atoms with Crippen LogP contribution >= 0.6 is 11.3 Å². The minimum absolute atomic E-state index is 0.389. The first-order valence-electron chi connectivity index (χ1n) is 14.3. The van der Waals surface area contributed by atoms with Crippen molar-refractivity contribution in [3.05, 3.63) is 108 Å². The Hall–Kier alpha value is -3.95. The zero-order valence-electron chi connectivity index (χ0n) is 24.1. The highest BCUT2D eigenvalue weighted by Gasteiger charge is 2.33. The lowest BCUT2D eigenvalue weighted by molar-refractivity contribution is -0.556. The summed E-state index contributed by atoms with van der Waals surface area (Å²) >= 11 is 1.92. The Morgan fingerprint density at radius 2 is 1.35 bits per heavy atom. The molecule has 0 saturated carbocycles. The number of fused-ring (bicyclic) bond motifs is 6. The van der Waals surface area contributed by atoms with E-state index in [-0.39, 0.29) is 0 Å². The fraction of sp³-hybridized carbons (Fsp3) is 0.216. The molecule has 40 heavy (non-hydrogen) atoms. The molecule has 0 atom stereocenters. The van der Waals surface area contributed by atoms with Gasteiger partial charge in [-0.25, -0.2) is 4.57 Å². The van der Waals surface area contributed by atoms with Gasteiger partial charge in [-0.15, -0.1) is 11.3 Å². The molecule has 0 amide bonds. The Morgan fingerprint density at radius 3 is 2.08 bits per heavy atom. The SMILES string of the molecule is Cc1ccc2c(sc3ccccc32)c1-c1n(C)c2ccc3ccccc3c2[n+]1-c1c(C(C)C)cccc1C(C)C. The van der Waals surface area contributed by atoms with Gasteiger partial charge in [0.2, 0.25) is 0 Å². The van der Waals surface area contributed by atoms with Gasteiger partial charge in [0.15, 0.2) is 11.0 Å². The van der Waals surface area contributed by atoms with Crippen molar-refractivity contribution in [2.75, 3.05) is 0 Å². The first kappa shape index (κ1) is 25.0. The summed E-state index contributed by atoms with van der Waals surface area (Å²) in [5.74, 6) is 2.03. The number of thiophene rings is 1. The Labute approximate surface area is 240 Å². The van der Waals surface area contributed by atoms with Gasteiger partial charge >= 0.3 is 0 Å². The molecule has 0 radical (unpaired) electrons. The van der Waals surface area contributed by atoms with Crippen LogP contribution in [0.5, 0.6) is 0 Å². The Balaban J connectivity index is 1.76. The molecule has 0 unspecified atom stereocenters. The first-order valence-corrected chi connectivity index (χ1v) is 15.1. The van der Waals surface area contributed by atoms with Crippen LogP contribution < -0.4 is 4.57 Å². The Bertz CT molecular complexity index is 2060. The van der Waals surface area contributed by atoms with Crippen LogP contribution in [-0.2, 0) is 7.05 Å². The number of benzene rings is 5. The highest BCUT2D eigenvalue weighted by Crippen LogP contribution is 2.43. The van der Waals surface area contributed by atoms with Gasteiger partial charge in [-0.2, -0.15) is 4.57 Å². The molecule has 7 aromatic rings. The molecule has 0 aliphatic heterocycles. The summed E-state index contributed by atoms with van der Waals surface area (Å²) in [5, 5.41) is 5.23. The zero-order valence-corrected chi connectivity index (χ0v) is 24.9. The molecule has 0 N–H and O–H groups in total. The van der Waals surface area contributed by atoms with Gasteiger partial charge in [-0.1, -0.05) is 94.4 Å². The highest BCUT2D eigenvalue weighted by atomic mass is 32.1. The molecule has 0 aliphatic rings. The molecule has 7 rings (SSSR count). The van der Waals surface area contributed by atoms with Crippen molar-refractivity contribution in [3.8, 4) is 17.1 Å². The van der Waals surface area contributed by atoms with Gasteiger partial charge in [0.25, 0.3) is 5.82 Å². The van der Waals surface area contributed by atoms with Gasteiger partial charge in [0.1, 0.15) is 5.69 Å². The number of aromatic nitrogens is 2. The van der Waals surface area contributed by atoms with Crippen molar-refractivity contribution in [3.63, 3.8) is 0 Å². The fourth-order valence-corrected chi connectivity index (χ4v) is 7.85. The monoisotopic (exact) mass is 539 g/mol. The fourth-order valence-electron chi connectivity index (χ4n) is 6.55. The van der Waals surface area contributed by atoms with E-state index in [1.807, 2.05) is 11.3 Å². The topological polar surface area (TPSA) is 8.81 Å². The standard InChI is InChI=1S/C37H35N2S/c1-22(2)26-15-11-16-27(23(3)4)34(26)39-35-28-13-8-7-12-25(28)19-21-31(35)38(6)37(39)33-24(5)18-20-30-29-14-9-10-17-32(29)40-36(30)33/h7-23H,1-6H3/q+1. The smallest absolute Gasteiger partial charge is 0.225 e. The molecule has 0 bridgehead atoms. The summed E-state index contributed by atoms with van der Waals surface area (Å²) in [4.78, 5) is 0. The third-order valence-electron chi connectivity index (χ3n) is 8.54. The Morgan fingerprint density at radius 1 is 0.675 bits per heavy atom. The van der Waals surface area contributed by atoms with Crippen molar-refractivity contribution in [1.29, 1.82) is 0 Å². The second-order valence-electron chi connectivity index (χ2n) is 11.7. The summed E-state index contributed by atoms with van der Waals surface area (Å²) in [7, 11) is 2.25. The quantitative estimate of drug-likeness (QED) is 0.197. The summed E-state index contributed by atoms with van der Waals surface area (Å²) < 4.78 is 7.76. The predicted octanol–water partition coefficient (Wildman–Crippen LogP) is 10.2. The summed E-state index contributed by atoms with van der Waals surface area (Å²) in [6, 6.07) is 33.8. The van der Waals surface area contributed by atoms with Crippen LogP contribution in [0.2, 0.25) is 0 Å². The van der Waals surface area contributed by atoms with Crippen LogP contribution in [0.3, 0.4) is 0 Å². The average molecular weight is 540 g/mol. The molecule has 5 aromatic carbocycles. The number of imidazole rings is 1. The number of aryl methyl sites for hydroxylation is 2. The van der Waals surface area contributed by atoms with E-state index in [2.05, 4.69) is 142 Å². The molecule has 0 saturated heterocycles. The maximum Gasteiger partial charge on any atom is 0.296 e. The minimum atomic E-state index is 0.389. The van der Waals surface area contributed by atoms with E-state index in [9.17, 15) is 0 Å². The molecule has 0 spiro atoms. The van der Waals surface area contributed by atoms with E-state index in [1.165, 1.54) is 75.7 Å². The second kappa shape index (κ2) is 9.31. The molecule has 3 heteroatoms. The molecule has 0 aliphatic carbocycles. The van der Waals surface area contributed by atoms with Gasteiger partial charge in [-0.05, 0) is 54.0 Å². The van der Waals surface area contributed by atoms with Crippen LogP contribution in [0.1, 0.15) is 56.2 Å². The summed E-state index contributed by atoms with van der Waals surface area (Å²) in [5.41, 5.74) is 9.27. The molecule has 198 valence electrons. The highest BCUT2D eigenvalue weighted by molar-refractivity contribution is 7.26. The third-order valence-corrected chi connectivity index (χ3v) is 9.74. The molecular formula is C37H35N2S+. The van der Waals surface area contributed by atoms with Crippen LogP contribution in [0, 0.1) is 6.92 Å². The van der Waals surface area contributed by atoms with Gasteiger partial charge in [-0.3, -0.25) is 0 Å². The average Bonchev–Trinajstić information content (AvgIpc) is 3.47. The molecule has 2 heterocycles. The van der Waals surface area contributed by atoms with E-state index < -0.39 is 0 Å². The minimum Gasteiger partial charge on any atom is -0.225 e. The van der Waals surface area contributed by atoms with Crippen molar-refractivity contribution >= 4 is 53.3 Å². The lowest BCUT2D eigenvalue weighted by atomic mass is 9.92. The van der Waals surface area contributed by atoms with E-state index in [0.717, 1.165) is 0 Å². The molecule has 0 fully saturated rings. The van der Waals surface area contributed by atoms with E-state index in [1.54, 1.807) is 0 Å². The van der Waals surface area contributed by atoms with Crippen molar-refractivity contribution < 1.29 is 4.57 Å². The second-order valence-corrected chi connectivity index (χ2v) is 12.8. The van der Waals surface area contributed by atoms with Crippen LogP contribution in [0.4, 0.5) is 0 Å². The first-order chi connectivity index (χ1) is 19.4. The van der Waals surface area contributed by atoms with Gasteiger partial charge in [0, 0.05) is 32.0 Å². The number of hydrogen-bond acceptors (Lipinski definition) is 1. The third kappa shape index (κ3) is 3.57. The van der Waals surface area contributed by atoms with Crippen molar-refractivity contribution in [2.45, 2.75) is 46.5 Å². The van der Waals surface area contributed by atoms with E-state index in [4.69, 9.17) is 0 Å². The molecular weight excluding hydrogens is 504 g/mol. The van der Waals surface area contributed by atoms with Crippen molar-refractivity contribution in [1.82, 2.24) is 4.57 Å². The number of para-hydroxylation sites is 1. The van der Waals surface area contributed by atoms with E-state index in [0.29, 0.717) is 11.8 Å². The molecule has 2 nitrogen and oxygen atoms in total. The number of rotatable bonds is 4. The number of nitrogens with zero attached hydrogens (tertiary/aromatic N) is 2. The summed E-state index contributed by atoms with van der Waals surface area (Å²) in [6.45, 7) is 11.6. The van der Waals surface area contributed by atoms with Gasteiger partial charge in [0.05, 0.1) is 17.3 Å². The van der Waals surface area contributed by atoms with Crippen LogP contribution in [-0.4, -0.2) is 4.57 Å². The lowest BCUT2D eigenvalue weighted by Gasteiger charge is -2.19.